The monoisotopic (exact) mass is 1400 g/mol. The smallest absolute Gasteiger partial charge is 0.326 e. The van der Waals surface area contributed by atoms with Crippen LogP contribution in [0, 0.1) is 23.7 Å². The number of aliphatic imine (C=N–C) groups is 1. The number of carbonyl (C=O) groups is 14. The van der Waals surface area contributed by atoms with Crippen LogP contribution in [0.25, 0.3) is 0 Å². The van der Waals surface area contributed by atoms with Gasteiger partial charge in [-0.15, -0.1) is 0 Å². The van der Waals surface area contributed by atoms with Crippen molar-refractivity contribution in [3.8, 4) is 5.75 Å². The van der Waals surface area contributed by atoms with Crippen LogP contribution in [0.2, 0.25) is 0 Å². The van der Waals surface area contributed by atoms with Crippen molar-refractivity contribution in [1.82, 2.24) is 53.2 Å². The van der Waals surface area contributed by atoms with E-state index in [1.807, 2.05) is 27.7 Å². The quantitative estimate of drug-likeness (QED) is 0.0182. The maximum absolute atomic E-state index is 14.7. The summed E-state index contributed by atoms with van der Waals surface area (Å²) in [5.41, 5.74) is 28.9. The molecule has 1 rings (SSSR count). The van der Waals surface area contributed by atoms with Gasteiger partial charge in [0.15, 0.2) is 5.96 Å². The van der Waals surface area contributed by atoms with Gasteiger partial charge in [-0.3, -0.25) is 67.3 Å². The molecule has 11 unspecified atom stereocenters. The molecule has 99 heavy (non-hydrogen) atoms. The Balaban J connectivity index is 3.77. The van der Waals surface area contributed by atoms with E-state index in [4.69, 9.17) is 28.7 Å². The van der Waals surface area contributed by atoms with Crippen molar-refractivity contribution < 1.29 is 92.7 Å². The lowest BCUT2D eigenvalue weighted by atomic mass is 9.98. The molecule has 0 aliphatic rings. The van der Waals surface area contributed by atoms with E-state index < -0.39 is 181 Å². The zero-order chi connectivity index (χ0) is 75.2. The van der Waals surface area contributed by atoms with Gasteiger partial charge in [0.05, 0.1) is 18.9 Å². The number of amides is 10. The number of nitrogens with zero attached hydrogens (tertiary/aromatic N) is 1. The maximum Gasteiger partial charge on any atom is 0.326 e. The number of phenolic OH excluding ortho intramolecular Hbond substituents is 1. The van der Waals surface area contributed by atoms with Crippen molar-refractivity contribution in [2.75, 3.05) is 19.6 Å². The minimum absolute atomic E-state index is 0.0211. The van der Waals surface area contributed by atoms with Crippen molar-refractivity contribution in [3.05, 3.63) is 29.8 Å². The molecular weight excluding hydrogens is 1300 g/mol. The number of nitrogens with two attached hydrogens (primary N) is 5. The number of carbonyl (C=O) groups excluding carboxylic acids is 10. The minimum Gasteiger partial charge on any atom is -0.508 e. The molecule has 0 bridgehead atoms. The van der Waals surface area contributed by atoms with Crippen molar-refractivity contribution in [2.45, 2.75) is 231 Å². The predicted molar refractivity (Wildman–Crippen MR) is 362 cm³/mol. The molecule has 0 heterocycles. The number of rotatable bonds is 50. The summed E-state index contributed by atoms with van der Waals surface area (Å²) in [6.45, 7) is 14.5. The Kier molecular flexibility index (Phi) is 40.9. The molecule has 0 radical (unpaired) electrons. The average Bonchev–Trinajstić information content (AvgIpc) is 1.37. The molecule has 0 aliphatic heterocycles. The first-order valence-corrected chi connectivity index (χ1v) is 33.3. The third kappa shape index (κ3) is 36.8. The molecule has 0 fully saturated rings. The third-order valence-corrected chi connectivity index (χ3v) is 15.1. The van der Waals surface area contributed by atoms with Gasteiger partial charge < -0.3 is 107 Å². The van der Waals surface area contributed by atoms with Crippen LogP contribution in [-0.4, -0.2) is 201 Å². The van der Waals surface area contributed by atoms with Crippen molar-refractivity contribution >= 4 is 88.9 Å². The summed E-state index contributed by atoms with van der Waals surface area (Å²) in [7, 11) is 0. The lowest BCUT2D eigenvalue weighted by Crippen LogP contribution is -2.61. The first-order chi connectivity index (χ1) is 46.4. The van der Waals surface area contributed by atoms with Crippen molar-refractivity contribution in [3.63, 3.8) is 0 Å². The van der Waals surface area contributed by atoms with Gasteiger partial charge in [-0.1, -0.05) is 67.5 Å². The molecule has 0 aliphatic carbocycles. The van der Waals surface area contributed by atoms with Gasteiger partial charge in [-0.25, -0.2) is 4.79 Å². The van der Waals surface area contributed by atoms with Crippen LogP contribution < -0.4 is 81.8 Å². The number of nitrogens with one attached hydrogen (secondary N) is 10. The SMILES string of the molecule is CC(C)CC(N)C(=O)NC(CC(C)C)C(=O)NC(CCCN=C(N)N)C(=O)NC(Cc1ccc(O)cc1)C(=O)NC(CC(C)C)C(=O)NC(CC(C)C)C(=O)NC(CC(=O)O)C(=O)NC(CCCCN)C(=O)NC(CC(=O)O)C(=O)NC(CCC(=O)O)C(=O)NC(CCCCN)C(=O)O. The second-order valence-corrected chi connectivity index (χ2v) is 26.1. The maximum atomic E-state index is 14.7. The van der Waals surface area contributed by atoms with E-state index in [0.717, 1.165) is 0 Å². The largest absolute Gasteiger partial charge is 0.508 e. The van der Waals surface area contributed by atoms with Gasteiger partial charge in [-0.05, 0) is 138 Å². The zero-order valence-corrected chi connectivity index (χ0v) is 57.9. The molecule has 0 saturated carbocycles. The zero-order valence-electron chi connectivity index (χ0n) is 57.9. The lowest BCUT2D eigenvalue weighted by molar-refractivity contribution is -0.144. The molecule has 1 aromatic carbocycles. The van der Waals surface area contributed by atoms with Gasteiger partial charge in [0.2, 0.25) is 59.1 Å². The van der Waals surface area contributed by atoms with Gasteiger partial charge in [0.25, 0.3) is 0 Å². The molecule has 558 valence electrons. The third-order valence-electron chi connectivity index (χ3n) is 15.1. The van der Waals surface area contributed by atoms with Crippen molar-refractivity contribution in [2.24, 2.45) is 57.3 Å². The van der Waals surface area contributed by atoms with Gasteiger partial charge in [0, 0.05) is 19.4 Å². The summed E-state index contributed by atoms with van der Waals surface area (Å²) in [6.07, 6.45) is -3.05. The van der Waals surface area contributed by atoms with E-state index in [1.165, 1.54) is 24.3 Å². The first kappa shape index (κ1) is 87.8. The number of carboxylic acids is 4. The fourth-order valence-corrected chi connectivity index (χ4v) is 10.1. The molecule has 35 nitrogen and oxygen atoms in total. The summed E-state index contributed by atoms with van der Waals surface area (Å²) in [4.78, 5) is 193. The fourth-order valence-electron chi connectivity index (χ4n) is 10.1. The Bertz CT molecular complexity index is 2870. The Labute approximate surface area is 576 Å². The summed E-state index contributed by atoms with van der Waals surface area (Å²) < 4.78 is 0. The number of aromatic hydroxyl groups is 1. The Morgan fingerprint density at radius 3 is 1.06 bits per heavy atom. The molecule has 35 heteroatoms. The number of guanidine groups is 1. The van der Waals surface area contributed by atoms with Crippen LogP contribution in [0.1, 0.15) is 164 Å². The lowest BCUT2D eigenvalue weighted by Gasteiger charge is -2.29. The van der Waals surface area contributed by atoms with E-state index in [9.17, 15) is 92.7 Å². The van der Waals surface area contributed by atoms with Gasteiger partial charge >= 0.3 is 23.9 Å². The number of hydrogen-bond acceptors (Lipinski definition) is 19. The minimum atomic E-state index is -2.05. The second kappa shape index (κ2) is 46.1. The molecule has 11 atom stereocenters. The van der Waals surface area contributed by atoms with Gasteiger partial charge in [0.1, 0.15) is 66.2 Å². The normalized spacial score (nSPS) is 14.6. The van der Waals surface area contributed by atoms with Crippen LogP contribution >= 0.6 is 0 Å². The molecule has 0 spiro atoms. The molecular formula is C64H108N16O19. The first-order valence-electron chi connectivity index (χ1n) is 33.3. The van der Waals surface area contributed by atoms with Crippen molar-refractivity contribution in [1.29, 1.82) is 0 Å². The highest BCUT2D eigenvalue weighted by molar-refractivity contribution is 6.00. The number of unbranched alkanes of at least 4 members (excludes halogenated alkanes) is 2. The fraction of sp³-hybridized carbons (Fsp3) is 0.672. The Hall–Kier alpha value is -9.25. The van der Waals surface area contributed by atoms with E-state index in [2.05, 4.69) is 58.2 Å². The predicted octanol–water partition coefficient (Wildman–Crippen LogP) is -2.50. The highest BCUT2D eigenvalue weighted by Crippen LogP contribution is 2.17. The topological polar surface area (TPSA) is 603 Å². The van der Waals surface area contributed by atoms with Gasteiger partial charge in [-0.2, -0.15) is 0 Å². The summed E-state index contributed by atoms with van der Waals surface area (Å²) in [5.74, 6) is -17.6. The Morgan fingerprint density at radius 1 is 0.384 bits per heavy atom. The average molecular weight is 1410 g/mol. The van der Waals surface area contributed by atoms with E-state index in [-0.39, 0.29) is 120 Å². The van der Waals surface area contributed by atoms with Crippen LogP contribution in [0.5, 0.6) is 5.75 Å². The summed E-state index contributed by atoms with van der Waals surface area (Å²) in [6, 6.07) is -11.5. The summed E-state index contributed by atoms with van der Waals surface area (Å²) >= 11 is 0. The summed E-state index contributed by atoms with van der Waals surface area (Å²) in [5, 5.41) is 73.8. The second-order valence-electron chi connectivity index (χ2n) is 26.1. The Morgan fingerprint density at radius 2 is 0.697 bits per heavy atom. The standard InChI is InChI=1S/C64H108N16O19/c1-33(2)26-39(67)53(88)75-44(27-34(3)4)57(92)72-41(16-13-25-70-64(68)69)55(90)78-47(30-37-17-19-38(81)20-18-37)60(95)77-45(28-35(5)6)58(93)76-46(29-36(7)8)59(94)80-49(32-52(86)87)61(96)71-40(14-9-11-23-65)54(89)79-48(31-51(84)85)62(97)73-42(21-22-50(82)83)56(91)74-43(63(98)99)15-10-12-24-66/h17-20,33-36,39-49,81H,9-16,21-32,65-67H2,1-8H3,(H,71,96)(H,72,92)(H,73,97)(H,74,91)(H,75,88)(H,76,93)(H,77,95)(H,78,90)(H,79,89)(H,80,94)(H,82,83)(H,84,85)(H,86,87)(H,98,99)(H4,68,69,70). The number of phenols is 1. The highest BCUT2D eigenvalue weighted by Gasteiger charge is 2.38. The molecule has 0 aromatic heterocycles. The van der Waals surface area contributed by atoms with Crippen LogP contribution in [0.15, 0.2) is 29.3 Å². The molecule has 25 N–H and O–H groups in total. The van der Waals surface area contributed by atoms with E-state index >= 15 is 0 Å². The van der Waals surface area contributed by atoms with Crippen LogP contribution in [0.4, 0.5) is 0 Å². The number of benzene rings is 1. The molecule has 10 amide bonds. The number of aliphatic carboxylic acids is 4. The molecule has 0 saturated heterocycles. The highest BCUT2D eigenvalue weighted by atomic mass is 16.4. The van der Waals surface area contributed by atoms with E-state index in [0.29, 0.717) is 18.4 Å². The number of hydrogen-bond donors (Lipinski definition) is 20. The van der Waals surface area contributed by atoms with E-state index in [1.54, 1.807) is 27.7 Å². The molecule has 1 aromatic rings. The van der Waals surface area contributed by atoms with Crippen LogP contribution in [0.3, 0.4) is 0 Å². The van der Waals surface area contributed by atoms with Crippen LogP contribution in [-0.2, 0) is 73.5 Å². The number of carboxylic acid groups (broad SMARTS) is 4.